The lowest BCUT2D eigenvalue weighted by Crippen LogP contribution is -2.35. The number of amides is 1. The van der Waals surface area contributed by atoms with E-state index in [2.05, 4.69) is 5.32 Å². The quantitative estimate of drug-likeness (QED) is 0.754. The highest BCUT2D eigenvalue weighted by atomic mass is 32.2. The van der Waals surface area contributed by atoms with Crippen molar-refractivity contribution in [3.8, 4) is 0 Å². The van der Waals surface area contributed by atoms with Gasteiger partial charge in [0.2, 0.25) is 15.9 Å². The van der Waals surface area contributed by atoms with Gasteiger partial charge >= 0.3 is 0 Å². The van der Waals surface area contributed by atoms with Crippen molar-refractivity contribution in [2.45, 2.75) is 30.7 Å². The number of nitrogens with one attached hydrogen (secondary N) is 1. The lowest BCUT2D eigenvalue weighted by molar-refractivity contribution is -0.116. The summed E-state index contributed by atoms with van der Waals surface area (Å²) < 4.78 is 39.7. The van der Waals surface area contributed by atoms with Crippen LogP contribution in [0.15, 0.2) is 59.5 Å². The van der Waals surface area contributed by atoms with Crippen molar-refractivity contribution >= 4 is 22.0 Å². The van der Waals surface area contributed by atoms with Gasteiger partial charge in [-0.1, -0.05) is 30.7 Å². The summed E-state index contributed by atoms with van der Waals surface area (Å²) in [5.74, 6) is -0.610. The van der Waals surface area contributed by atoms with Gasteiger partial charge in [0.15, 0.2) is 0 Å². The third kappa shape index (κ3) is 5.27. The number of rotatable bonds is 6. The van der Waals surface area contributed by atoms with Crippen LogP contribution in [0.3, 0.4) is 0 Å². The second kappa shape index (κ2) is 9.12. The fourth-order valence-corrected chi connectivity index (χ4v) is 4.54. The molecule has 1 aliphatic heterocycles. The molecule has 5 nitrogen and oxygen atoms in total. The molecule has 0 unspecified atom stereocenters. The second-order valence-electron chi connectivity index (χ2n) is 6.71. The Balaban J connectivity index is 1.55. The van der Waals surface area contributed by atoms with E-state index in [9.17, 15) is 17.6 Å². The summed E-state index contributed by atoms with van der Waals surface area (Å²) >= 11 is 0. The van der Waals surface area contributed by atoms with Gasteiger partial charge in [-0.15, -0.1) is 0 Å². The molecule has 1 aliphatic rings. The minimum absolute atomic E-state index is 0.278. The molecule has 1 amide bonds. The number of hydrogen-bond donors (Lipinski definition) is 1. The van der Waals surface area contributed by atoms with Crippen LogP contribution in [-0.4, -0.2) is 31.7 Å². The number of sulfonamides is 1. The Bertz CT molecular complexity index is 933. The molecule has 0 bridgehead atoms. The maximum atomic E-state index is 12.9. The topological polar surface area (TPSA) is 66.5 Å². The third-order valence-electron chi connectivity index (χ3n) is 4.64. The molecule has 1 N–H and O–H groups in total. The average molecular weight is 402 g/mol. The third-order valence-corrected chi connectivity index (χ3v) is 6.55. The van der Waals surface area contributed by atoms with Crippen LogP contribution in [0.1, 0.15) is 30.4 Å². The van der Waals surface area contributed by atoms with E-state index in [-0.39, 0.29) is 23.2 Å². The first-order valence-corrected chi connectivity index (χ1v) is 10.7. The summed E-state index contributed by atoms with van der Waals surface area (Å²) in [7, 11) is -3.44. The standard InChI is InChI=1S/C21H23FN2O3S/c22-19-9-4-17(5-10-19)8-13-21(25)23-16-18-6-11-20(12-7-18)28(26,27)24-14-2-1-3-15-24/h4-13H,1-3,14-16H2,(H,23,25)/b13-8+. The zero-order chi connectivity index (χ0) is 20.0. The van der Waals surface area contributed by atoms with E-state index >= 15 is 0 Å². The number of nitrogens with zero attached hydrogens (tertiary/aromatic N) is 1. The van der Waals surface area contributed by atoms with Crippen LogP contribution in [0.4, 0.5) is 4.39 Å². The van der Waals surface area contributed by atoms with Crippen molar-refractivity contribution in [2.75, 3.05) is 13.1 Å². The van der Waals surface area contributed by atoms with E-state index in [1.165, 1.54) is 22.5 Å². The van der Waals surface area contributed by atoms with Crippen LogP contribution in [0.25, 0.3) is 6.08 Å². The molecule has 1 fully saturated rings. The molecular formula is C21H23FN2O3S. The Kier molecular flexibility index (Phi) is 6.59. The summed E-state index contributed by atoms with van der Waals surface area (Å²) in [6.45, 7) is 1.43. The first-order valence-electron chi connectivity index (χ1n) is 9.26. The average Bonchev–Trinajstić information content (AvgIpc) is 2.73. The van der Waals surface area contributed by atoms with Crippen molar-refractivity contribution in [3.63, 3.8) is 0 Å². The summed E-state index contributed by atoms with van der Waals surface area (Å²) in [6.07, 6.45) is 5.84. The summed E-state index contributed by atoms with van der Waals surface area (Å²) in [5, 5.41) is 2.74. The fourth-order valence-electron chi connectivity index (χ4n) is 3.03. The summed E-state index contributed by atoms with van der Waals surface area (Å²) in [6, 6.07) is 12.4. The van der Waals surface area contributed by atoms with Crippen molar-refractivity contribution in [3.05, 3.63) is 71.6 Å². The van der Waals surface area contributed by atoms with Gasteiger partial charge in [-0.3, -0.25) is 4.79 Å². The minimum atomic E-state index is -3.44. The molecule has 148 valence electrons. The molecule has 0 atom stereocenters. The molecule has 1 saturated heterocycles. The lowest BCUT2D eigenvalue weighted by atomic mass is 10.2. The number of benzene rings is 2. The highest BCUT2D eigenvalue weighted by Crippen LogP contribution is 2.20. The van der Waals surface area contributed by atoms with E-state index < -0.39 is 10.0 Å². The van der Waals surface area contributed by atoms with Crippen LogP contribution in [-0.2, 0) is 21.4 Å². The monoisotopic (exact) mass is 402 g/mol. The number of piperidine rings is 1. The highest BCUT2D eigenvalue weighted by Gasteiger charge is 2.25. The van der Waals surface area contributed by atoms with Gasteiger partial charge < -0.3 is 5.32 Å². The molecule has 0 aromatic heterocycles. The van der Waals surface area contributed by atoms with Crippen molar-refractivity contribution in [1.29, 1.82) is 0 Å². The maximum absolute atomic E-state index is 12.9. The molecule has 0 saturated carbocycles. The summed E-state index contributed by atoms with van der Waals surface area (Å²) in [5.41, 5.74) is 1.53. The molecule has 3 rings (SSSR count). The van der Waals surface area contributed by atoms with Gasteiger partial charge in [0.05, 0.1) is 4.90 Å². The molecule has 0 aliphatic carbocycles. The smallest absolute Gasteiger partial charge is 0.244 e. The van der Waals surface area contributed by atoms with Crippen molar-refractivity contribution in [2.24, 2.45) is 0 Å². The number of carbonyl (C=O) groups is 1. The predicted octanol–water partition coefficient (Wildman–Crippen LogP) is 3.33. The largest absolute Gasteiger partial charge is 0.348 e. The number of carbonyl (C=O) groups excluding carboxylic acids is 1. The molecular weight excluding hydrogens is 379 g/mol. The van der Waals surface area contributed by atoms with Crippen molar-refractivity contribution in [1.82, 2.24) is 9.62 Å². The van der Waals surface area contributed by atoms with Gasteiger partial charge in [0.1, 0.15) is 5.82 Å². The van der Waals surface area contributed by atoms with Gasteiger partial charge in [0, 0.05) is 25.7 Å². The molecule has 7 heteroatoms. The Labute approximate surface area is 164 Å². The van der Waals surface area contributed by atoms with E-state index in [1.54, 1.807) is 42.5 Å². The minimum Gasteiger partial charge on any atom is -0.348 e. The zero-order valence-electron chi connectivity index (χ0n) is 15.5. The van der Waals surface area contributed by atoms with Gasteiger partial charge in [-0.2, -0.15) is 4.31 Å². The number of halogens is 1. The van der Waals surface area contributed by atoms with E-state index in [4.69, 9.17) is 0 Å². The van der Waals surface area contributed by atoms with E-state index in [1.807, 2.05) is 0 Å². The van der Waals surface area contributed by atoms with Crippen LogP contribution in [0.5, 0.6) is 0 Å². The Morgan fingerprint density at radius 2 is 1.64 bits per heavy atom. The molecule has 0 radical (unpaired) electrons. The lowest BCUT2D eigenvalue weighted by Gasteiger charge is -2.25. The highest BCUT2D eigenvalue weighted by molar-refractivity contribution is 7.89. The Morgan fingerprint density at radius 1 is 1.00 bits per heavy atom. The van der Waals surface area contributed by atoms with Crippen LogP contribution >= 0.6 is 0 Å². The summed E-state index contributed by atoms with van der Waals surface area (Å²) in [4.78, 5) is 12.2. The number of hydrogen-bond acceptors (Lipinski definition) is 3. The predicted molar refractivity (Wildman–Crippen MR) is 106 cm³/mol. The zero-order valence-corrected chi connectivity index (χ0v) is 16.3. The van der Waals surface area contributed by atoms with Gasteiger partial charge in [-0.25, -0.2) is 12.8 Å². The normalized spacial score (nSPS) is 15.6. The molecule has 28 heavy (non-hydrogen) atoms. The maximum Gasteiger partial charge on any atom is 0.244 e. The first-order chi connectivity index (χ1) is 13.4. The van der Waals surface area contributed by atoms with Gasteiger partial charge in [-0.05, 0) is 54.3 Å². The van der Waals surface area contributed by atoms with E-state index in [0.717, 1.165) is 30.4 Å². The van der Waals surface area contributed by atoms with Crippen molar-refractivity contribution < 1.29 is 17.6 Å². The SMILES string of the molecule is O=C(/C=C/c1ccc(F)cc1)NCc1ccc(S(=O)(=O)N2CCCCC2)cc1. The Morgan fingerprint density at radius 3 is 2.29 bits per heavy atom. The van der Waals surface area contributed by atoms with Crippen LogP contribution in [0.2, 0.25) is 0 Å². The fraction of sp³-hybridized carbons (Fsp3) is 0.286. The van der Waals surface area contributed by atoms with E-state index in [0.29, 0.717) is 13.1 Å². The van der Waals surface area contributed by atoms with Crippen LogP contribution in [0, 0.1) is 5.82 Å². The first kappa shape index (κ1) is 20.2. The molecule has 1 heterocycles. The Hall–Kier alpha value is -2.51. The van der Waals surface area contributed by atoms with Crippen LogP contribution < -0.4 is 5.32 Å². The molecule has 0 spiro atoms. The molecule has 2 aromatic carbocycles. The molecule has 2 aromatic rings. The second-order valence-corrected chi connectivity index (χ2v) is 8.65. The van der Waals surface area contributed by atoms with Gasteiger partial charge in [0.25, 0.3) is 0 Å².